The van der Waals surface area contributed by atoms with Crippen molar-refractivity contribution in [2.24, 2.45) is 7.05 Å². The summed E-state index contributed by atoms with van der Waals surface area (Å²) in [4.78, 5) is 16.6. The molecule has 24 heavy (non-hydrogen) atoms. The fraction of sp³-hybridized carbons (Fsp3) is 0.750. The Bertz CT molecular complexity index is 756. The van der Waals surface area contributed by atoms with Gasteiger partial charge in [-0.25, -0.2) is 8.42 Å². The largest absolute Gasteiger partial charge is 0.336 e. The van der Waals surface area contributed by atoms with Crippen LogP contribution < -0.4 is 0 Å². The molecule has 134 valence electrons. The van der Waals surface area contributed by atoms with Crippen LogP contribution in [0.5, 0.6) is 0 Å². The van der Waals surface area contributed by atoms with Gasteiger partial charge in [0.25, 0.3) is 0 Å². The molecule has 2 atom stereocenters. The third-order valence-electron chi connectivity index (χ3n) is 5.52. The molecule has 0 saturated carbocycles. The van der Waals surface area contributed by atoms with E-state index in [0.717, 1.165) is 23.5 Å². The number of sulfone groups is 1. The molecule has 0 aliphatic carbocycles. The summed E-state index contributed by atoms with van der Waals surface area (Å²) < 4.78 is 25.9. The van der Waals surface area contributed by atoms with Gasteiger partial charge in [0.2, 0.25) is 5.91 Å². The van der Waals surface area contributed by atoms with Crippen molar-refractivity contribution in [3.8, 4) is 0 Å². The molecule has 0 radical (unpaired) electrons. The first-order valence-corrected chi connectivity index (χ1v) is 10.2. The van der Waals surface area contributed by atoms with E-state index in [9.17, 15) is 13.2 Å². The van der Waals surface area contributed by atoms with Crippen LogP contribution in [0.1, 0.15) is 23.4 Å². The minimum Gasteiger partial charge on any atom is -0.336 e. The maximum Gasteiger partial charge on any atom is 0.223 e. The Morgan fingerprint density at radius 2 is 1.83 bits per heavy atom. The Hall–Kier alpha value is -1.41. The monoisotopic (exact) mass is 354 g/mol. The lowest BCUT2D eigenvalue weighted by Gasteiger charge is -2.42. The van der Waals surface area contributed by atoms with E-state index in [1.54, 1.807) is 4.90 Å². The summed E-state index contributed by atoms with van der Waals surface area (Å²) in [5.74, 6) is 0.315. The molecule has 3 heterocycles. The highest BCUT2D eigenvalue weighted by molar-refractivity contribution is 7.91. The normalized spacial score (nSPS) is 26.6. The summed E-state index contributed by atoms with van der Waals surface area (Å²) in [6, 6.07) is -0.257. The van der Waals surface area contributed by atoms with Crippen LogP contribution in [0.15, 0.2) is 0 Å². The third kappa shape index (κ3) is 3.09. The van der Waals surface area contributed by atoms with E-state index in [1.807, 2.05) is 32.6 Å². The molecule has 2 aliphatic heterocycles. The van der Waals surface area contributed by atoms with Crippen molar-refractivity contribution < 1.29 is 13.2 Å². The fourth-order valence-corrected chi connectivity index (χ4v) is 6.05. The Kier molecular flexibility index (Phi) is 4.46. The molecule has 3 rings (SSSR count). The van der Waals surface area contributed by atoms with Gasteiger partial charge in [-0.1, -0.05) is 0 Å². The first-order chi connectivity index (χ1) is 11.2. The summed E-state index contributed by atoms with van der Waals surface area (Å²) in [6.07, 6.45) is 1.06. The minimum atomic E-state index is -3.05. The number of carbonyl (C=O) groups is 1. The lowest BCUT2D eigenvalue weighted by Crippen LogP contribution is -2.59. The second-order valence-electron chi connectivity index (χ2n) is 7.05. The van der Waals surface area contributed by atoms with Crippen LogP contribution in [0.2, 0.25) is 0 Å². The van der Waals surface area contributed by atoms with E-state index in [-0.39, 0.29) is 29.5 Å². The van der Waals surface area contributed by atoms with Gasteiger partial charge in [0.1, 0.15) is 0 Å². The molecule has 0 bridgehead atoms. The maximum atomic E-state index is 12.7. The number of aromatic nitrogens is 2. The lowest BCUT2D eigenvalue weighted by atomic mass is 10.0. The molecule has 1 aromatic heterocycles. The molecule has 2 fully saturated rings. The minimum absolute atomic E-state index is 0.0536. The Labute approximate surface area is 143 Å². The molecule has 0 spiro atoms. The highest BCUT2D eigenvalue weighted by atomic mass is 32.2. The molecule has 0 unspecified atom stereocenters. The van der Waals surface area contributed by atoms with Crippen molar-refractivity contribution in [3.05, 3.63) is 17.0 Å². The predicted octanol–water partition coefficient (Wildman–Crippen LogP) is -0.0909. The van der Waals surface area contributed by atoms with E-state index in [1.165, 1.54) is 0 Å². The fourth-order valence-electron chi connectivity index (χ4n) is 3.99. The molecule has 1 aromatic rings. The number of piperazine rings is 1. The van der Waals surface area contributed by atoms with Crippen molar-refractivity contribution in [2.45, 2.75) is 38.8 Å². The van der Waals surface area contributed by atoms with Gasteiger partial charge in [-0.05, 0) is 32.9 Å². The number of amides is 1. The second-order valence-corrected chi connectivity index (χ2v) is 9.21. The van der Waals surface area contributed by atoms with E-state index < -0.39 is 9.84 Å². The Morgan fingerprint density at radius 1 is 1.17 bits per heavy atom. The van der Waals surface area contributed by atoms with Crippen LogP contribution in [0.25, 0.3) is 0 Å². The molecular weight excluding hydrogens is 328 g/mol. The van der Waals surface area contributed by atoms with Crippen LogP contribution in [-0.2, 0) is 28.1 Å². The average Bonchev–Trinajstić information content (AvgIpc) is 2.94. The van der Waals surface area contributed by atoms with E-state index >= 15 is 0 Å². The first kappa shape index (κ1) is 17.4. The highest BCUT2D eigenvalue weighted by Gasteiger charge is 2.46. The van der Waals surface area contributed by atoms with Gasteiger partial charge < -0.3 is 4.90 Å². The SMILES string of the molecule is Cc1nn(C)c(C)c1CCC(=O)N1CCN(C)[C@H]2CS(=O)(=O)C[C@H]21. The standard InChI is InChI=1S/C16H26N4O3S/c1-11-13(12(2)19(4)17-11)5-6-16(21)20-8-7-18(3)14-9-24(22,23)10-15(14)20/h14-15H,5-10H2,1-4H3/t14-,15+/m0/s1. The number of hydrogen-bond acceptors (Lipinski definition) is 5. The molecule has 7 nitrogen and oxygen atoms in total. The van der Waals surface area contributed by atoms with E-state index in [4.69, 9.17) is 0 Å². The first-order valence-electron chi connectivity index (χ1n) is 8.39. The van der Waals surface area contributed by atoms with Gasteiger partial charge in [-0.15, -0.1) is 0 Å². The van der Waals surface area contributed by atoms with Crippen molar-refractivity contribution in [3.63, 3.8) is 0 Å². The number of likely N-dealkylation sites (N-methyl/N-ethyl adjacent to an activating group) is 1. The number of hydrogen-bond donors (Lipinski definition) is 0. The van der Waals surface area contributed by atoms with Gasteiger partial charge in [0.15, 0.2) is 9.84 Å². The zero-order chi connectivity index (χ0) is 17.6. The van der Waals surface area contributed by atoms with E-state index in [0.29, 0.717) is 19.4 Å². The van der Waals surface area contributed by atoms with Crippen molar-refractivity contribution in [1.29, 1.82) is 0 Å². The summed E-state index contributed by atoms with van der Waals surface area (Å²) in [6.45, 7) is 5.31. The molecule has 0 N–H and O–H groups in total. The predicted molar refractivity (Wildman–Crippen MR) is 91.6 cm³/mol. The zero-order valence-corrected chi connectivity index (χ0v) is 15.6. The Morgan fingerprint density at radius 3 is 2.46 bits per heavy atom. The highest BCUT2D eigenvalue weighted by Crippen LogP contribution is 2.27. The topological polar surface area (TPSA) is 75.5 Å². The van der Waals surface area contributed by atoms with Crippen LogP contribution in [-0.4, -0.2) is 77.6 Å². The van der Waals surface area contributed by atoms with Gasteiger partial charge in [0.05, 0.1) is 23.2 Å². The molecular formula is C16H26N4O3S. The number of rotatable bonds is 3. The molecule has 1 amide bonds. The second kappa shape index (κ2) is 6.15. The Balaban J connectivity index is 1.71. The van der Waals surface area contributed by atoms with Gasteiger partial charge in [-0.3, -0.25) is 14.4 Å². The number of aryl methyl sites for hydroxylation is 2. The van der Waals surface area contributed by atoms with Gasteiger partial charge >= 0.3 is 0 Å². The van der Waals surface area contributed by atoms with Gasteiger partial charge in [-0.2, -0.15) is 5.10 Å². The van der Waals surface area contributed by atoms with Crippen molar-refractivity contribution in [2.75, 3.05) is 31.6 Å². The van der Waals surface area contributed by atoms with Gasteiger partial charge in [0, 0.05) is 38.3 Å². The van der Waals surface area contributed by atoms with Crippen LogP contribution in [0, 0.1) is 13.8 Å². The summed E-state index contributed by atoms with van der Waals surface area (Å²) in [7, 11) is 0.798. The molecule has 2 saturated heterocycles. The molecule has 8 heteroatoms. The zero-order valence-electron chi connectivity index (χ0n) is 14.8. The van der Waals surface area contributed by atoms with Crippen LogP contribution in [0.4, 0.5) is 0 Å². The summed E-state index contributed by atoms with van der Waals surface area (Å²) >= 11 is 0. The quantitative estimate of drug-likeness (QED) is 0.758. The number of fused-ring (bicyclic) bond motifs is 1. The van der Waals surface area contributed by atoms with Crippen molar-refractivity contribution in [1.82, 2.24) is 19.6 Å². The summed E-state index contributed by atoms with van der Waals surface area (Å²) in [5, 5.41) is 4.39. The number of carbonyl (C=O) groups excluding carboxylic acids is 1. The number of nitrogens with zero attached hydrogens (tertiary/aromatic N) is 4. The van der Waals surface area contributed by atoms with Crippen LogP contribution in [0.3, 0.4) is 0 Å². The summed E-state index contributed by atoms with van der Waals surface area (Å²) in [5.41, 5.74) is 3.16. The average molecular weight is 354 g/mol. The third-order valence-corrected chi connectivity index (χ3v) is 7.22. The smallest absolute Gasteiger partial charge is 0.223 e. The van der Waals surface area contributed by atoms with Crippen LogP contribution >= 0.6 is 0 Å². The lowest BCUT2D eigenvalue weighted by molar-refractivity contribution is -0.136. The van der Waals surface area contributed by atoms with E-state index in [2.05, 4.69) is 10.00 Å². The maximum absolute atomic E-state index is 12.7. The molecule has 2 aliphatic rings. The van der Waals surface area contributed by atoms with Crippen molar-refractivity contribution >= 4 is 15.7 Å². The molecule has 0 aromatic carbocycles.